The summed E-state index contributed by atoms with van der Waals surface area (Å²) >= 11 is 0. The van der Waals surface area contributed by atoms with E-state index in [4.69, 9.17) is 11.5 Å². The van der Waals surface area contributed by atoms with Gasteiger partial charge in [0.2, 0.25) is 5.91 Å². The first-order valence-electron chi connectivity index (χ1n) is 7.51. The van der Waals surface area contributed by atoms with Crippen LogP contribution in [0.2, 0.25) is 0 Å². The Hall–Kier alpha value is -1.85. The number of nitrogens with two attached hydrogens (primary N) is 2. The van der Waals surface area contributed by atoms with Crippen molar-refractivity contribution in [3.8, 4) is 0 Å². The minimum atomic E-state index is -0.240. The second kappa shape index (κ2) is 5.87. The van der Waals surface area contributed by atoms with Gasteiger partial charge in [0.1, 0.15) is 17.5 Å². The van der Waals surface area contributed by atoms with Gasteiger partial charge in [0.15, 0.2) is 0 Å². The Bertz CT molecular complexity index is 543. The number of anilines is 2. The standard InChI is InChI=1S/C15H25N5O/c1-8(2)14-18-12(16)10(4)15(19-14)20-7-11(13(17)21)6-5-9(20)3/h8-9,11H,5-7H2,1-4H3,(H2,17,21)(H2,16,18,19). The SMILES string of the molecule is Cc1c(N)nc(C(C)C)nc1N1CC(C(N)=O)CCC1C. The van der Waals surface area contributed by atoms with Gasteiger partial charge < -0.3 is 16.4 Å². The zero-order valence-corrected chi connectivity index (χ0v) is 13.3. The first-order chi connectivity index (χ1) is 9.81. The highest BCUT2D eigenvalue weighted by atomic mass is 16.1. The molecule has 116 valence electrons. The Kier molecular flexibility index (Phi) is 4.34. The molecule has 2 unspecified atom stereocenters. The lowest BCUT2D eigenvalue weighted by atomic mass is 9.92. The lowest BCUT2D eigenvalue weighted by Crippen LogP contribution is -2.46. The first-order valence-corrected chi connectivity index (χ1v) is 7.51. The lowest BCUT2D eigenvalue weighted by Gasteiger charge is -2.38. The number of carbonyl (C=O) groups is 1. The molecule has 0 bridgehead atoms. The van der Waals surface area contributed by atoms with E-state index < -0.39 is 0 Å². The number of hydrogen-bond acceptors (Lipinski definition) is 5. The maximum Gasteiger partial charge on any atom is 0.222 e. The van der Waals surface area contributed by atoms with Crippen LogP contribution in [0.4, 0.5) is 11.6 Å². The highest BCUT2D eigenvalue weighted by molar-refractivity contribution is 5.77. The molecule has 1 aliphatic rings. The normalized spacial score (nSPS) is 22.6. The minimum absolute atomic E-state index is 0.126. The number of amides is 1. The molecule has 2 rings (SSSR count). The van der Waals surface area contributed by atoms with Gasteiger partial charge in [-0.05, 0) is 26.7 Å². The fraction of sp³-hybridized carbons (Fsp3) is 0.667. The number of nitrogens with zero attached hydrogens (tertiary/aromatic N) is 3. The van der Waals surface area contributed by atoms with E-state index in [1.54, 1.807) is 0 Å². The van der Waals surface area contributed by atoms with E-state index in [1.807, 2.05) is 20.8 Å². The summed E-state index contributed by atoms with van der Waals surface area (Å²) in [5.74, 6) is 1.93. The number of primary amides is 1. The van der Waals surface area contributed by atoms with Crippen LogP contribution in [-0.2, 0) is 4.79 Å². The zero-order chi connectivity index (χ0) is 15.7. The number of rotatable bonds is 3. The van der Waals surface area contributed by atoms with Crippen molar-refractivity contribution in [2.45, 2.75) is 52.5 Å². The molecule has 0 aliphatic carbocycles. The van der Waals surface area contributed by atoms with Crippen molar-refractivity contribution in [1.29, 1.82) is 0 Å². The molecule has 1 aromatic heterocycles. The molecule has 1 aromatic rings. The van der Waals surface area contributed by atoms with E-state index >= 15 is 0 Å². The second-order valence-electron chi connectivity index (χ2n) is 6.25. The Balaban J connectivity index is 2.41. The van der Waals surface area contributed by atoms with Crippen molar-refractivity contribution in [2.24, 2.45) is 11.7 Å². The van der Waals surface area contributed by atoms with Crippen LogP contribution in [-0.4, -0.2) is 28.5 Å². The molecule has 2 atom stereocenters. The third-order valence-electron chi connectivity index (χ3n) is 4.25. The van der Waals surface area contributed by atoms with Crippen molar-refractivity contribution < 1.29 is 4.79 Å². The predicted octanol–water partition coefficient (Wildman–Crippen LogP) is 1.58. The van der Waals surface area contributed by atoms with Gasteiger partial charge in [-0.2, -0.15) is 0 Å². The molecule has 6 heteroatoms. The van der Waals surface area contributed by atoms with Gasteiger partial charge in [-0.15, -0.1) is 0 Å². The molecular weight excluding hydrogens is 266 g/mol. The highest BCUT2D eigenvalue weighted by Crippen LogP contribution is 2.31. The maximum atomic E-state index is 11.5. The minimum Gasteiger partial charge on any atom is -0.383 e. The van der Waals surface area contributed by atoms with Gasteiger partial charge in [-0.3, -0.25) is 4.79 Å². The molecule has 2 heterocycles. The van der Waals surface area contributed by atoms with Crippen LogP contribution in [0.1, 0.15) is 50.9 Å². The molecule has 0 saturated carbocycles. The smallest absolute Gasteiger partial charge is 0.222 e. The monoisotopic (exact) mass is 291 g/mol. The van der Waals surface area contributed by atoms with E-state index in [-0.39, 0.29) is 17.7 Å². The summed E-state index contributed by atoms with van der Waals surface area (Å²) in [4.78, 5) is 22.7. The van der Waals surface area contributed by atoms with E-state index in [2.05, 4.69) is 21.8 Å². The zero-order valence-electron chi connectivity index (χ0n) is 13.3. The van der Waals surface area contributed by atoms with Gasteiger partial charge >= 0.3 is 0 Å². The Labute approximate surface area is 125 Å². The van der Waals surface area contributed by atoms with Crippen LogP contribution in [0.15, 0.2) is 0 Å². The van der Waals surface area contributed by atoms with Crippen LogP contribution in [0.3, 0.4) is 0 Å². The van der Waals surface area contributed by atoms with Gasteiger partial charge in [-0.1, -0.05) is 13.8 Å². The average Bonchev–Trinajstić information content (AvgIpc) is 2.42. The summed E-state index contributed by atoms with van der Waals surface area (Å²) in [6.45, 7) is 8.75. The first kappa shape index (κ1) is 15.5. The van der Waals surface area contributed by atoms with Crippen LogP contribution in [0.25, 0.3) is 0 Å². The fourth-order valence-electron chi connectivity index (χ4n) is 2.71. The number of piperidine rings is 1. The molecule has 4 N–H and O–H groups in total. The fourth-order valence-corrected chi connectivity index (χ4v) is 2.71. The average molecular weight is 291 g/mol. The Morgan fingerprint density at radius 1 is 1.33 bits per heavy atom. The molecule has 21 heavy (non-hydrogen) atoms. The molecule has 1 amide bonds. The molecule has 0 aromatic carbocycles. The summed E-state index contributed by atoms with van der Waals surface area (Å²) in [7, 11) is 0. The molecule has 1 saturated heterocycles. The summed E-state index contributed by atoms with van der Waals surface area (Å²) in [6, 6.07) is 0.314. The largest absolute Gasteiger partial charge is 0.383 e. The summed E-state index contributed by atoms with van der Waals surface area (Å²) in [5, 5.41) is 0. The topological polar surface area (TPSA) is 98.1 Å². The number of aromatic nitrogens is 2. The number of hydrogen-bond donors (Lipinski definition) is 2. The van der Waals surface area contributed by atoms with Crippen LogP contribution >= 0.6 is 0 Å². The Morgan fingerprint density at radius 2 is 2.00 bits per heavy atom. The summed E-state index contributed by atoms with van der Waals surface area (Å²) in [6.07, 6.45) is 1.76. The van der Waals surface area contributed by atoms with Crippen molar-refractivity contribution in [3.63, 3.8) is 0 Å². The van der Waals surface area contributed by atoms with Crippen molar-refractivity contribution in [3.05, 3.63) is 11.4 Å². The number of nitrogen functional groups attached to an aromatic ring is 1. The van der Waals surface area contributed by atoms with Crippen molar-refractivity contribution >= 4 is 17.5 Å². The molecule has 6 nitrogen and oxygen atoms in total. The summed E-state index contributed by atoms with van der Waals surface area (Å²) in [5.41, 5.74) is 12.4. The highest BCUT2D eigenvalue weighted by Gasteiger charge is 2.31. The van der Waals surface area contributed by atoms with Crippen LogP contribution in [0.5, 0.6) is 0 Å². The lowest BCUT2D eigenvalue weighted by molar-refractivity contribution is -0.122. The van der Waals surface area contributed by atoms with E-state index in [9.17, 15) is 4.79 Å². The van der Waals surface area contributed by atoms with Gasteiger partial charge in [-0.25, -0.2) is 9.97 Å². The van der Waals surface area contributed by atoms with Gasteiger partial charge in [0.05, 0.1) is 5.92 Å². The molecule has 1 aliphatic heterocycles. The molecule has 0 spiro atoms. The third-order valence-corrected chi connectivity index (χ3v) is 4.25. The van der Waals surface area contributed by atoms with E-state index in [1.165, 1.54) is 0 Å². The maximum absolute atomic E-state index is 11.5. The number of carbonyl (C=O) groups excluding carboxylic acids is 1. The summed E-state index contributed by atoms with van der Waals surface area (Å²) < 4.78 is 0. The van der Waals surface area contributed by atoms with Crippen LogP contribution in [0, 0.1) is 12.8 Å². The molecular formula is C15H25N5O. The van der Waals surface area contributed by atoms with Crippen molar-refractivity contribution in [1.82, 2.24) is 9.97 Å². The molecule has 1 fully saturated rings. The van der Waals surface area contributed by atoms with Crippen molar-refractivity contribution in [2.75, 3.05) is 17.2 Å². The third kappa shape index (κ3) is 3.09. The van der Waals surface area contributed by atoms with Crippen LogP contribution < -0.4 is 16.4 Å². The predicted molar refractivity (Wildman–Crippen MR) is 84.0 cm³/mol. The second-order valence-corrected chi connectivity index (χ2v) is 6.25. The van der Waals surface area contributed by atoms with E-state index in [0.29, 0.717) is 18.4 Å². The Morgan fingerprint density at radius 3 is 2.57 bits per heavy atom. The quantitative estimate of drug-likeness (QED) is 0.881. The van der Waals surface area contributed by atoms with Gasteiger partial charge in [0.25, 0.3) is 0 Å². The van der Waals surface area contributed by atoms with Gasteiger partial charge in [0, 0.05) is 24.1 Å². The van der Waals surface area contributed by atoms with E-state index in [0.717, 1.165) is 30.0 Å². The molecule has 0 radical (unpaired) electrons.